The fourth-order valence-electron chi connectivity index (χ4n) is 2.51. The summed E-state index contributed by atoms with van der Waals surface area (Å²) in [6.45, 7) is 1.30. The van der Waals surface area contributed by atoms with Gasteiger partial charge in [-0.15, -0.1) is 0 Å². The molecule has 0 bridgehead atoms. The van der Waals surface area contributed by atoms with Crippen molar-refractivity contribution < 1.29 is 23.8 Å². The third kappa shape index (κ3) is 4.35. The molecule has 3 aromatic rings. The van der Waals surface area contributed by atoms with Gasteiger partial charge in [0.2, 0.25) is 0 Å². The number of ether oxygens (including phenoxy) is 1. The summed E-state index contributed by atoms with van der Waals surface area (Å²) in [4.78, 5) is 24.1. The van der Waals surface area contributed by atoms with Crippen LogP contribution in [-0.4, -0.2) is 23.6 Å². The van der Waals surface area contributed by atoms with E-state index in [0.717, 1.165) is 5.56 Å². The molecule has 6 nitrogen and oxygen atoms in total. The number of nitrogens with one attached hydrogen (secondary N) is 1. The maximum absolute atomic E-state index is 12.0. The van der Waals surface area contributed by atoms with Crippen LogP contribution in [0.15, 0.2) is 41.0 Å². The van der Waals surface area contributed by atoms with Crippen molar-refractivity contribution in [2.24, 2.45) is 0 Å². The number of carbonyl (C=O) groups excluding carboxylic acids is 2. The smallest absolute Gasteiger partial charge is 0.310 e. The molecule has 0 fully saturated rings. The van der Waals surface area contributed by atoms with Crippen molar-refractivity contribution in [3.63, 3.8) is 0 Å². The number of carbonyl (C=O) groups is 2. The Bertz CT molecular complexity index is 1030. The highest BCUT2D eigenvalue weighted by atomic mass is 35.5. The van der Waals surface area contributed by atoms with Crippen LogP contribution in [-0.2, 0) is 20.7 Å². The summed E-state index contributed by atoms with van der Waals surface area (Å²) in [5.41, 5.74) is 2.09. The summed E-state index contributed by atoms with van der Waals surface area (Å²) in [5, 5.41) is 13.3. The second kappa shape index (κ2) is 7.90. The average molecular weight is 408 g/mol. The number of benzene rings is 2. The molecule has 0 atom stereocenters. The maximum Gasteiger partial charge on any atom is 0.310 e. The zero-order valence-corrected chi connectivity index (χ0v) is 15.7. The number of aryl methyl sites for hydroxylation is 1. The van der Waals surface area contributed by atoms with Crippen LogP contribution in [0.5, 0.6) is 5.75 Å². The maximum atomic E-state index is 12.0. The van der Waals surface area contributed by atoms with E-state index in [0.29, 0.717) is 26.6 Å². The van der Waals surface area contributed by atoms with E-state index in [1.165, 1.54) is 18.4 Å². The van der Waals surface area contributed by atoms with Crippen LogP contribution in [0.25, 0.3) is 11.0 Å². The molecular weight excluding hydrogens is 393 g/mol. The Kier molecular flexibility index (Phi) is 5.58. The van der Waals surface area contributed by atoms with Crippen molar-refractivity contribution in [1.29, 1.82) is 0 Å². The number of amides is 1. The van der Waals surface area contributed by atoms with E-state index >= 15 is 0 Å². The predicted octanol–water partition coefficient (Wildman–Crippen LogP) is 4.48. The number of halogens is 2. The van der Waals surface area contributed by atoms with Crippen LogP contribution in [0.2, 0.25) is 10.0 Å². The predicted molar refractivity (Wildman–Crippen MR) is 102 cm³/mol. The fourth-order valence-corrected chi connectivity index (χ4v) is 2.97. The SMILES string of the molecule is Cc1ccc(Cl)c(NC(=O)COC(=O)Cc2coc3cc(O)ccc23)c1Cl. The van der Waals surface area contributed by atoms with Crippen LogP contribution >= 0.6 is 23.2 Å². The number of furan rings is 1. The Balaban J connectivity index is 1.59. The normalized spacial score (nSPS) is 10.8. The van der Waals surface area contributed by atoms with Gasteiger partial charge >= 0.3 is 5.97 Å². The van der Waals surface area contributed by atoms with Crippen molar-refractivity contribution in [2.75, 3.05) is 11.9 Å². The highest BCUT2D eigenvalue weighted by Gasteiger charge is 2.15. The minimum absolute atomic E-state index is 0.0658. The first-order chi connectivity index (χ1) is 12.8. The Labute approximate surface area is 164 Å². The van der Waals surface area contributed by atoms with E-state index in [2.05, 4.69) is 5.32 Å². The summed E-state index contributed by atoms with van der Waals surface area (Å²) in [7, 11) is 0. The van der Waals surface area contributed by atoms with Gasteiger partial charge in [-0.05, 0) is 30.7 Å². The number of fused-ring (bicyclic) bond motifs is 1. The number of esters is 1. The number of phenolic OH excluding ortho intramolecular Hbond substituents is 1. The zero-order valence-electron chi connectivity index (χ0n) is 14.2. The Morgan fingerprint density at radius 3 is 2.78 bits per heavy atom. The van der Waals surface area contributed by atoms with Gasteiger partial charge in [0.05, 0.1) is 28.4 Å². The lowest BCUT2D eigenvalue weighted by atomic mass is 10.1. The van der Waals surface area contributed by atoms with Gasteiger partial charge in [0, 0.05) is 17.0 Å². The summed E-state index contributed by atoms with van der Waals surface area (Å²) >= 11 is 12.2. The summed E-state index contributed by atoms with van der Waals surface area (Å²) in [6, 6.07) is 7.94. The molecular formula is C19H15Cl2NO5. The number of anilines is 1. The van der Waals surface area contributed by atoms with E-state index in [-0.39, 0.29) is 17.9 Å². The van der Waals surface area contributed by atoms with E-state index in [9.17, 15) is 14.7 Å². The number of aromatic hydroxyl groups is 1. The Morgan fingerprint density at radius 2 is 2.00 bits per heavy atom. The summed E-state index contributed by atoms with van der Waals surface area (Å²) in [6.07, 6.45) is 1.34. The molecule has 8 heteroatoms. The number of phenols is 1. The summed E-state index contributed by atoms with van der Waals surface area (Å²) < 4.78 is 10.3. The minimum Gasteiger partial charge on any atom is -0.508 e. The second-order valence-electron chi connectivity index (χ2n) is 5.88. The average Bonchev–Trinajstić information content (AvgIpc) is 3.02. The molecule has 0 unspecified atom stereocenters. The van der Waals surface area contributed by atoms with Crippen LogP contribution in [0.1, 0.15) is 11.1 Å². The van der Waals surface area contributed by atoms with Gasteiger partial charge in [-0.2, -0.15) is 0 Å². The van der Waals surface area contributed by atoms with Crippen LogP contribution in [0.3, 0.4) is 0 Å². The van der Waals surface area contributed by atoms with E-state index in [1.807, 2.05) is 0 Å². The molecule has 0 spiro atoms. The van der Waals surface area contributed by atoms with E-state index in [1.54, 1.807) is 25.1 Å². The molecule has 27 heavy (non-hydrogen) atoms. The molecule has 0 radical (unpaired) electrons. The van der Waals surface area contributed by atoms with Crippen molar-refractivity contribution in [3.05, 3.63) is 57.8 Å². The molecule has 1 amide bonds. The lowest BCUT2D eigenvalue weighted by molar-refractivity contribution is -0.146. The van der Waals surface area contributed by atoms with Crippen LogP contribution in [0.4, 0.5) is 5.69 Å². The first-order valence-corrected chi connectivity index (χ1v) is 8.70. The Hall–Kier alpha value is -2.70. The largest absolute Gasteiger partial charge is 0.508 e. The van der Waals surface area contributed by atoms with Crippen molar-refractivity contribution in [3.8, 4) is 5.75 Å². The minimum atomic E-state index is -0.595. The molecule has 1 heterocycles. The summed E-state index contributed by atoms with van der Waals surface area (Å²) in [5.74, 6) is -1.08. The number of hydrogen-bond acceptors (Lipinski definition) is 5. The monoisotopic (exact) mass is 407 g/mol. The van der Waals surface area contributed by atoms with Gasteiger partial charge in [0.1, 0.15) is 11.3 Å². The van der Waals surface area contributed by atoms with Crippen molar-refractivity contribution in [1.82, 2.24) is 0 Å². The zero-order chi connectivity index (χ0) is 19.6. The number of hydrogen-bond donors (Lipinski definition) is 2. The lowest BCUT2D eigenvalue weighted by Crippen LogP contribution is -2.22. The van der Waals surface area contributed by atoms with Crippen molar-refractivity contribution >= 4 is 51.7 Å². The molecule has 2 N–H and O–H groups in total. The van der Waals surface area contributed by atoms with Gasteiger partial charge in [-0.25, -0.2) is 0 Å². The molecule has 0 aliphatic heterocycles. The number of rotatable bonds is 5. The van der Waals surface area contributed by atoms with E-state index < -0.39 is 18.5 Å². The Morgan fingerprint density at radius 1 is 1.22 bits per heavy atom. The van der Waals surface area contributed by atoms with E-state index in [4.69, 9.17) is 32.4 Å². The highest BCUT2D eigenvalue weighted by Crippen LogP contribution is 2.32. The van der Waals surface area contributed by atoms with Gasteiger partial charge in [-0.1, -0.05) is 29.3 Å². The van der Waals surface area contributed by atoms with Crippen LogP contribution < -0.4 is 5.32 Å². The van der Waals surface area contributed by atoms with Gasteiger partial charge in [0.15, 0.2) is 6.61 Å². The molecule has 3 rings (SSSR count). The van der Waals surface area contributed by atoms with Crippen LogP contribution in [0, 0.1) is 6.92 Å². The topological polar surface area (TPSA) is 88.8 Å². The van der Waals surface area contributed by atoms with Crippen molar-refractivity contribution in [2.45, 2.75) is 13.3 Å². The first-order valence-electron chi connectivity index (χ1n) is 7.94. The molecule has 0 saturated heterocycles. The molecule has 0 aliphatic rings. The molecule has 2 aromatic carbocycles. The molecule has 1 aromatic heterocycles. The lowest BCUT2D eigenvalue weighted by Gasteiger charge is -2.11. The van der Waals surface area contributed by atoms with Gasteiger partial charge < -0.3 is 19.6 Å². The highest BCUT2D eigenvalue weighted by molar-refractivity contribution is 6.40. The third-order valence-electron chi connectivity index (χ3n) is 3.89. The first kappa shape index (κ1) is 19.1. The van der Waals surface area contributed by atoms with Gasteiger partial charge in [-0.3, -0.25) is 9.59 Å². The molecule has 0 aliphatic carbocycles. The standard InChI is InChI=1S/C19H15Cl2NO5/c1-10-2-5-14(20)19(18(10)21)22-16(24)9-27-17(25)6-11-8-26-15-7-12(23)3-4-13(11)15/h2-5,7-8,23H,6,9H2,1H3,(H,22,24). The molecule has 140 valence electrons. The third-order valence-corrected chi connectivity index (χ3v) is 4.69. The molecule has 0 saturated carbocycles. The second-order valence-corrected chi connectivity index (χ2v) is 6.67. The quantitative estimate of drug-likeness (QED) is 0.608. The van der Waals surface area contributed by atoms with Gasteiger partial charge in [0.25, 0.3) is 5.91 Å². The fraction of sp³-hybridized carbons (Fsp3) is 0.158.